The Kier molecular flexibility index (Phi) is 5.95. The van der Waals surface area contributed by atoms with Gasteiger partial charge in [0, 0.05) is 18.2 Å². The largest absolute Gasteiger partial charge is 0.460 e. The molecule has 0 saturated heterocycles. The normalized spacial score (nSPS) is 11.2. The van der Waals surface area contributed by atoms with Gasteiger partial charge in [0.25, 0.3) is 0 Å². The number of aromatic nitrogens is 1. The van der Waals surface area contributed by atoms with Crippen LogP contribution in [0.4, 0.5) is 11.5 Å². The van der Waals surface area contributed by atoms with Gasteiger partial charge in [0.2, 0.25) is 5.82 Å². The van der Waals surface area contributed by atoms with Gasteiger partial charge in [-0.1, -0.05) is 0 Å². The predicted octanol–water partition coefficient (Wildman–Crippen LogP) is 2.79. The van der Waals surface area contributed by atoms with Gasteiger partial charge in [0.05, 0.1) is 9.95 Å². The molecule has 21 heavy (non-hydrogen) atoms. The fourth-order valence-corrected chi connectivity index (χ4v) is 2.29. The van der Waals surface area contributed by atoms with Crippen molar-refractivity contribution in [3.8, 4) is 0 Å². The van der Waals surface area contributed by atoms with E-state index in [2.05, 4.69) is 4.98 Å². The summed E-state index contributed by atoms with van der Waals surface area (Å²) >= 11 is 1.39. The van der Waals surface area contributed by atoms with E-state index in [4.69, 9.17) is 10.5 Å². The molecule has 0 spiro atoms. The maximum atomic E-state index is 11.5. The number of thioether (sulfide) groups is 1. The summed E-state index contributed by atoms with van der Waals surface area (Å²) in [6, 6.07) is 2.88. The van der Waals surface area contributed by atoms with E-state index in [0.29, 0.717) is 23.6 Å². The summed E-state index contributed by atoms with van der Waals surface area (Å²) in [7, 11) is 0. The highest BCUT2D eigenvalue weighted by atomic mass is 32.2. The first-order valence-electron chi connectivity index (χ1n) is 6.44. The highest BCUT2D eigenvalue weighted by molar-refractivity contribution is 7.99. The van der Waals surface area contributed by atoms with Crippen LogP contribution < -0.4 is 5.73 Å². The summed E-state index contributed by atoms with van der Waals surface area (Å²) in [6.45, 7) is 5.47. The number of carbonyl (C=O) groups excluding carboxylic acids is 1. The highest BCUT2D eigenvalue weighted by Crippen LogP contribution is 2.24. The number of ether oxygens (including phenoxy) is 1. The van der Waals surface area contributed by atoms with E-state index in [9.17, 15) is 14.9 Å². The molecule has 0 radical (unpaired) electrons. The van der Waals surface area contributed by atoms with E-state index in [1.165, 1.54) is 17.8 Å². The van der Waals surface area contributed by atoms with Crippen LogP contribution in [0.1, 0.15) is 33.6 Å². The monoisotopic (exact) mass is 313 g/mol. The van der Waals surface area contributed by atoms with E-state index in [1.54, 1.807) is 6.07 Å². The number of pyridine rings is 1. The van der Waals surface area contributed by atoms with Gasteiger partial charge in [-0.05, 0) is 33.3 Å². The molecule has 1 aromatic heterocycles. The number of hydrogen-bond donors (Lipinski definition) is 1. The average molecular weight is 313 g/mol. The first-order chi connectivity index (χ1) is 9.69. The predicted molar refractivity (Wildman–Crippen MR) is 81.1 cm³/mol. The quantitative estimate of drug-likeness (QED) is 0.283. The summed E-state index contributed by atoms with van der Waals surface area (Å²) in [5.74, 6) is 0.320. The molecule has 0 bridgehead atoms. The Morgan fingerprint density at radius 2 is 2.14 bits per heavy atom. The molecule has 0 unspecified atom stereocenters. The SMILES string of the molecule is CC(C)(C)OC(=O)CCCSc1ccc([N+](=O)[O-])c(N)n1. The average Bonchev–Trinajstić information content (AvgIpc) is 2.32. The van der Waals surface area contributed by atoms with Crippen molar-refractivity contribution in [2.24, 2.45) is 0 Å². The number of nitrogen functional groups attached to an aromatic ring is 1. The lowest BCUT2D eigenvalue weighted by Gasteiger charge is -2.19. The third-order valence-corrected chi connectivity index (χ3v) is 3.28. The van der Waals surface area contributed by atoms with Crippen LogP contribution in [0.5, 0.6) is 0 Å². The summed E-state index contributed by atoms with van der Waals surface area (Å²) in [4.78, 5) is 25.5. The number of anilines is 1. The van der Waals surface area contributed by atoms with Crippen LogP contribution in [-0.4, -0.2) is 27.2 Å². The van der Waals surface area contributed by atoms with Gasteiger partial charge >= 0.3 is 11.7 Å². The van der Waals surface area contributed by atoms with Crippen LogP contribution in [0.2, 0.25) is 0 Å². The Hall–Kier alpha value is -1.83. The molecule has 0 atom stereocenters. The second-order valence-electron chi connectivity index (χ2n) is 5.35. The number of esters is 1. The fraction of sp³-hybridized carbons (Fsp3) is 0.538. The number of carbonyl (C=O) groups is 1. The summed E-state index contributed by atoms with van der Waals surface area (Å²) in [5.41, 5.74) is 4.83. The van der Waals surface area contributed by atoms with Crippen molar-refractivity contribution < 1.29 is 14.5 Å². The van der Waals surface area contributed by atoms with E-state index in [0.717, 1.165) is 0 Å². The van der Waals surface area contributed by atoms with Gasteiger partial charge in [-0.2, -0.15) is 0 Å². The molecule has 1 rings (SSSR count). The van der Waals surface area contributed by atoms with Crippen molar-refractivity contribution in [3.63, 3.8) is 0 Å². The van der Waals surface area contributed by atoms with Crippen molar-refractivity contribution in [1.29, 1.82) is 0 Å². The molecular formula is C13H19N3O4S. The van der Waals surface area contributed by atoms with E-state index >= 15 is 0 Å². The fourth-order valence-electron chi connectivity index (χ4n) is 1.47. The van der Waals surface area contributed by atoms with E-state index in [-0.39, 0.29) is 17.5 Å². The number of hydrogen-bond acceptors (Lipinski definition) is 7. The lowest BCUT2D eigenvalue weighted by molar-refractivity contribution is -0.384. The molecule has 1 aromatic rings. The maximum absolute atomic E-state index is 11.5. The highest BCUT2D eigenvalue weighted by Gasteiger charge is 2.16. The standard InChI is InChI=1S/C13H19N3O4S/c1-13(2,3)20-11(17)5-4-8-21-10-7-6-9(16(18)19)12(14)15-10/h6-7H,4-5,8H2,1-3H3,(H2,14,15). The van der Waals surface area contributed by atoms with E-state index in [1.807, 2.05) is 20.8 Å². The van der Waals surface area contributed by atoms with Gasteiger partial charge in [0.15, 0.2) is 0 Å². The molecule has 0 fully saturated rings. The van der Waals surface area contributed by atoms with Crippen molar-refractivity contribution >= 4 is 29.2 Å². The number of nitro groups is 1. The minimum Gasteiger partial charge on any atom is -0.460 e. The van der Waals surface area contributed by atoms with Crippen molar-refractivity contribution in [1.82, 2.24) is 4.98 Å². The molecule has 0 aliphatic rings. The van der Waals surface area contributed by atoms with Crippen molar-refractivity contribution in [2.75, 3.05) is 11.5 Å². The Morgan fingerprint density at radius 3 is 2.67 bits per heavy atom. The Labute approximate surface area is 127 Å². The third-order valence-electron chi connectivity index (χ3n) is 2.27. The van der Waals surface area contributed by atoms with E-state index < -0.39 is 10.5 Å². The van der Waals surface area contributed by atoms with Gasteiger partial charge in [-0.25, -0.2) is 4.98 Å². The summed E-state index contributed by atoms with van der Waals surface area (Å²) < 4.78 is 5.19. The van der Waals surface area contributed by atoms with Crippen LogP contribution >= 0.6 is 11.8 Å². The lowest BCUT2D eigenvalue weighted by atomic mass is 10.2. The topological polar surface area (TPSA) is 108 Å². The third kappa shape index (κ3) is 6.44. The second kappa shape index (κ2) is 7.26. The maximum Gasteiger partial charge on any atom is 0.311 e. The van der Waals surface area contributed by atoms with Crippen LogP contribution in [0, 0.1) is 10.1 Å². The Morgan fingerprint density at radius 1 is 1.48 bits per heavy atom. The Balaban J connectivity index is 2.38. The molecule has 116 valence electrons. The van der Waals surface area contributed by atoms with Crippen LogP contribution in [0.3, 0.4) is 0 Å². The molecule has 0 saturated carbocycles. The molecule has 8 heteroatoms. The molecule has 0 aliphatic carbocycles. The second-order valence-corrected chi connectivity index (χ2v) is 6.46. The zero-order chi connectivity index (χ0) is 16.0. The Bertz CT molecular complexity index is 529. The molecule has 0 amide bonds. The van der Waals surface area contributed by atoms with Crippen LogP contribution in [0.25, 0.3) is 0 Å². The molecule has 0 aromatic carbocycles. The zero-order valence-corrected chi connectivity index (χ0v) is 13.1. The molecule has 0 aliphatic heterocycles. The van der Waals surface area contributed by atoms with Gasteiger partial charge in [0.1, 0.15) is 5.60 Å². The van der Waals surface area contributed by atoms with Crippen molar-refractivity contribution in [2.45, 2.75) is 44.2 Å². The zero-order valence-electron chi connectivity index (χ0n) is 12.3. The summed E-state index contributed by atoms with van der Waals surface area (Å²) in [5, 5.41) is 11.2. The number of nitrogens with zero attached hydrogens (tertiary/aromatic N) is 2. The van der Waals surface area contributed by atoms with Gasteiger partial charge in [-0.15, -0.1) is 11.8 Å². The molecule has 2 N–H and O–H groups in total. The molecule has 1 heterocycles. The van der Waals surface area contributed by atoms with Gasteiger partial charge in [-0.3, -0.25) is 14.9 Å². The minimum absolute atomic E-state index is 0.0999. The first kappa shape index (κ1) is 17.2. The lowest BCUT2D eigenvalue weighted by Crippen LogP contribution is -2.23. The molecule has 7 nitrogen and oxygen atoms in total. The summed E-state index contributed by atoms with van der Waals surface area (Å²) in [6.07, 6.45) is 0.963. The molecular weight excluding hydrogens is 294 g/mol. The van der Waals surface area contributed by atoms with Crippen molar-refractivity contribution in [3.05, 3.63) is 22.2 Å². The minimum atomic E-state index is -0.570. The van der Waals surface area contributed by atoms with Gasteiger partial charge < -0.3 is 10.5 Å². The van der Waals surface area contributed by atoms with Crippen LogP contribution in [-0.2, 0) is 9.53 Å². The first-order valence-corrected chi connectivity index (χ1v) is 7.43. The van der Waals surface area contributed by atoms with Crippen LogP contribution in [0.15, 0.2) is 17.2 Å². The number of rotatable bonds is 6. The number of nitrogens with two attached hydrogens (primary N) is 1. The smallest absolute Gasteiger partial charge is 0.311 e.